The van der Waals surface area contributed by atoms with E-state index in [1.54, 1.807) is 0 Å². The van der Waals surface area contributed by atoms with Gasteiger partial charge in [0.1, 0.15) is 0 Å². The summed E-state index contributed by atoms with van der Waals surface area (Å²) in [5, 5.41) is 9.34. The number of hydrogen-bond acceptors (Lipinski definition) is 5. The van der Waals surface area contributed by atoms with Gasteiger partial charge in [-0.3, -0.25) is 9.59 Å². The summed E-state index contributed by atoms with van der Waals surface area (Å²) in [7, 11) is 0. The average molecular weight is 495 g/mol. The summed E-state index contributed by atoms with van der Waals surface area (Å²) < 4.78 is 0. The molecule has 2 heterocycles. The number of para-hydroxylation sites is 1. The van der Waals surface area contributed by atoms with Gasteiger partial charge in [0.2, 0.25) is 5.91 Å². The van der Waals surface area contributed by atoms with Crippen molar-refractivity contribution >= 4 is 46.0 Å². The third-order valence-electron chi connectivity index (χ3n) is 5.82. The van der Waals surface area contributed by atoms with Crippen LogP contribution in [0.2, 0.25) is 5.02 Å². The number of amides is 2. The van der Waals surface area contributed by atoms with Crippen LogP contribution in [0.3, 0.4) is 0 Å². The van der Waals surface area contributed by atoms with Crippen molar-refractivity contribution in [1.29, 1.82) is 0 Å². The van der Waals surface area contributed by atoms with Crippen LogP contribution in [0.4, 0.5) is 5.69 Å². The van der Waals surface area contributed by atoms with Gasteiger partial charge in [-0.15, -0.1) is 0 Å². The fraction of sp³-hybridized carbons (Fsp3) is 0.269. The number of amidine groups is 1. The Morgan fingerprint density at radius 1 is 1.15 bits per heavy atom. The maximum absolute atomic E-state index is 13.5. The van der Waals surface area contributed by atoms with Crippen LogP contribution in [0.1, 0.15) is 45.2 Å². The SMILES string of the molecule is CC[C@H](C)NC(=O)CC1=CSC2=NC(C)=C(C(=O)Nc3ccccc3)[C@@H](c3ccc(Cl)cc3)N12. The van der Waals surface area contributed by atoms with Crippen molar-refractivity contribution in [3.63, 3.8) is 0 Å². The minimum atomic E-state index is -0.439. The molecule has 0 bridgehead atoms. The average Bonchev–Trinajstić information content (AvgIpc) is 3.20. The standard InChI is InChI=1S/C26H27ClN4O2S/c1-4-16(2)28-22(32)14-21-15-34-26-29-17(3)23(25(33)30-20-8-6-5-7-9-20)24(31(21)26)18-10-12-19(27)13-11-18/h5-13,15-16,24H,4,14H2,1-3H3,(H,28,32)(H,30,33)/t16-,24+/m0/s1. The Kier molecular flexibility index (Phi) is 7.44. The minimum Gasteiger partial charge on any atom is -0.353 e. The highest BCUT2D eigenvalue weighted by atomic mass is 35.5. The predicted octanol–water partition coefficient (Wildman–Crippen LogP) is 5.86. The number of hydrogen-bond donors (Lipinski definition) is 2. The van der Waals surface area contributed by atoms with Crippen molar-refractivity contribution < 1.29 is 9.59 Å². The number of rotatable bonds is 7. The first-order chi connectivity index (χ1) is 16.4. The maximum Gasteiger partial charge on any atom is 0.255 e. The normalized spacial score (nSPS) is 18.1. The Balaban J connectivity index is 1.70. The van der Waals surface area contributed by atoms with Crippen LogP contribution in [0.15, 0.2) is 82.0 Å². The second-order valence-electron chi connectivity index (χ2n) is 8.32. The fourth-order valence-electron chi connectivity index (χ4n) is 3.93. The van der Waals surface area contributed by atoms with Gasteiger partial charge in [-0.2, -0.15) is 0 Å². The van der Waals surface area contributed by atoms with Crippen LogP contribution in [-0.4, -0.2) is 27.9 Å². The summed E-state index contributed by atoms with van der Waals surface area (Å²) >= 11 is 7.63. The molecule has 34 heavy (non-hydrogen) atoms. The highest BCUT2D eigenvalue weighted by Gasteiger charge is 2.40. The first-order valence-electron chi connectivity index (χ1n) is 11.2. The number of benzene rings is 2. The third-order valence-corrected chi connectivity index (χ3v) is 6.96. The second kappa shape index (κ2) is 10.5. The van der Waals surface area contributed by atoms with Crippen LogP contribution < -0.4 is 10.6 Å². The number of nitrogens with one attached hydrogen (secondary N) is 2. The zero-order chi connectivity index (χ0) is 24.2. The topological polar surface area (TPSA) is 73.8 Å². The van der Waals surface area contributed by atoms with E-state index < -0.39 is 6.04 Å². The molecule has 0 unspecified atom stereocenters. The van der Waals surface area contributed by atoms with E-state index in [-0.39, 0.29) is 24.3 Å². The fourth-order valence-corrected chi connectivity index (χ4v) is 5.02. The second-order valence-corrected chi connectivity index (χ2v) is 9.59. The molecule has 0 fully saturated rings. The van der Waals surface area contributed by atoms with Gasteiger partial charge in [0.15, 0.2) is 5.17 Å². The molecule has 0 saturated heterocycles. The molecule has 2 amide bonds. The zero-order valence-electron chi connectivity index (χ0n) is 19.3. The third kappa shape index (κ3) is 5.21. The number of anilines is 1. The van der Waals surface area contributed by atoms with Crippen molar-refractivity contribution in [3.8, 4) is 0 Å². The lowest BCUT2D eigenvalue weighted by Crippen LogP contribution is -2.39. The van der Waals surface area contributed by atoms with E-state index in [9.17, 15) is 9.59 Å². The number of allylic oxidation sites excluding steroid dienone is 1. The highest BCUT2D eigenvalue weighted by Crippen LogP contribution is 2.44. The molecule has 2 atom stereocenters. The molecule has 0 saturated carbocycles. The first kappa shape index (κ1) is 24.1. The summed E-state index contributed by atoms with van der Waals surface area (Å²) in [6.07, 6.45) is 1.06. The summed E-state index contributed by atoms with van der Waals surface area (Å²) in [5.41, 5.74) is 3.58. The van der Waals surface area contributed by atoms with E-state index in [2.05, 4.69) is 10.6 Å². The maximum atomic E-state index is 13.5. The molecule has 2 aliphatic heterocycles. The van der Waals surface area contributed by atoms with Gasteiger partial charge >= 0.3 is 0 Å². The van der Waals surface area contributed by atoms with Gasteiger partial charge in [-0.05, 0) is 55.5 Å². The van der Waals surface area contributed by atoms with Gasteiger partial charge < -0.3 is 15.5 Å². The molecule has 2 aliphatic rings. The van der Waals surface area contributed by atoms with E-state index in [0.717, 1.165) is 22.8 Å². The lowest BCUT2D eigenvalue weighted by atomic mass is 9.93. The van der Waals surface area contributed by atoms with Gasteiger partial charge in [0, 0.05) is 22.4 Å². The van der Waals surface area contributed by atoms with Gasteiger partial charge in [-0.1, -0.05) is 60.6 Å². The Labute approximate surface area is 209 Å². The number of thioether (sulfide) groups is 1. The number of fused-ring (bicyclic) bond motifs is 1. The summed E-state index contributed by atoms with van der Waals surface area (Å²) in [4.78, 5) is 33.0. The first-order valence-corrected chi connectivity index (χ1v) is 12.5. The van der Waals surface area contributed by atoms with E-state index in [1.807, 2.05) is 85.7 Å². The van der Waals surface area contributed by atoms with Crippen molar-refractivity contribution in [3.05, 3.63) is 87.6 Å². The molecule has 6 nitrogen and oxygen atoms in total. The summed E-state index contributed by atoms with van der Waals surface area (Å²) in [5.74, 6) is -0.286. The molecule has 0 aliphatic carbocycles. The minimum absolute atomic E-state index is 0.0566. The molecule has 176 valence electrons. The lowest BCUT2D eigenvalue weighted by Gasteiger charge is -2.36. The van der Waals surface area contributed by atoms with Crippen LogP contribution in [0, 0.1) is 0 Å². The molecule has 0 radical (unpaired) electrons. The van der Waals surface area contributed by atoms with Crippen molar-refractivity contribution in [2.24, 2.45) is 4.99 Å². The van der Waals surface area contributed by atoms with Crippen LogP contribution in [0.5, 0.6) is 0 Å². The van der Waals surface area contributed by atoms with Crippen molar-refractivity contribution in [1.82, 2.24) is 10.2 Å². The molecule has 0 spiro atoms. The Morgan fingerprint density at radius 2 is 1.85 bits per heavy atom. The van der Waals surface area contributed by atoms with E-state index in [1.165, 1.54) is 11.8 Å². The Bertz CT molecular complexity index is 1180. The molecular weight excluding hydrogens is 468 g/mol. The number of nitrogens with zero attached hydrogens (tertiary/aromatic N) is 2. The Morgan fingerprint density at radius 3 is 2.53 bits per heavy atom. The molecular formula is C26H27ClN4O2S. The largest absolute Gasteiger partial charge is 0.353 e. The summed E-state index contributed by atoms with van der Waals surface area (Å²) in [6, 6.07) is 16.5. The lowest BCUT2D eigenvalue weighted by molar-refractivity contribution is -0.121. The highest BCUT2D eigenvalue weighted by molar-refractivity contribution is 8.16. The zero-order valence-corrected chi connectivity index (χ0v) is 20.9. The smallest absolute Gasteiger partial charge is 0.255 e. The number of aliphatic imine (C=N–C) groups is 1. The van der Waals surface area contributed by atoms with Crippen molar-refractivity contribution in [2.45, 2.75) is 45.7 Å². The van der Waals surface area contributed by atoms with Gasteiger partial charge in [-0.25, -0.2) is 4.99 Å². The van der Waals surface area contributed by atoms with Gasteiger partial charge in [0.05, 0.1) is 23.7 Å². The Hall–Kier alpha value is -3.03. The van der Waals surface area contributed by atoms with Crippen LogP contribution >= 0.6 is 23.4 Å². The molecule has 4 rings (SSSR count). The number of carbonyl (C=O) groups excluding carboxylic acids is 2. The van der Waals surface area contributed by atoms with Crippen LogP contribution in [-0.2, 0) is 9.59 Å². The molecule has 0 aromatic heterocycles. The van der Waals surface area contributed by atoms with Crippen molar-refractivity contribution in [2.75, 3.05) is 5.32 Å². The number of carbonyl (C=O) groups is 2. The molecule has 2 aromatic carbocycles. The van der Waals surface area contributed by atoms with Crippen LogP contribution in [0.25, 0.3) is 0 Å². The van der Waals surface area contributed by atoms with E-state index in [4.69, 9.17) is 16.6 Å². The monoisotopic (exact) mass is 494 g/mol. The van der Waals surface area contributed by atoms with E-state index >= 15 is 0 Å². The summed E-state index contributed by atoms with van der Waals surface area (Å²) in [6.45, 7) is 5.87. The molecule has 8 heteroatoms. The number of halogens is 1. The van der Waals surface area contributed by atoms with Gasteiger partial charge in [0.25, 0.3) is 5.91 Å². The quantitative estimate of drug-likeness (QED) is 0.505. The molecule has 2 N–H and O–H groups in total. The van der Waals surface area contributed by atoms with E-state index in [0.29, 0.717) is 22.0 Å². The molecule has 2 aromatic rings. The predicted molar refractivity (Wildman–Crippen MR) is 139 cm³/mol.